The van der Waals surface area contributed by atoms with Crippen molar-refractivity contribution in [2.45, 2.75) is 6.92 Å². The summed E-state index contributed by atoms with van der Waals surface area (Å²) in [6.45, 7) is 1.63. The van der Waals surface area contributed by atoms with Gasteiger partial charge in [-0.1, -0.05) is 17.7 Å². The first-order valence-corrected chi connectivity index (χ1v) is 6.29. The molecule has 1 aromatic carbocycles. The van der Waals surface area contributed by atoms with Gasteiger partial charge in [0, 0.05) is 17.8 Å². The fourth-order valence-corrected chi connectivity index (χ4v) is 1.80. The number of nitro benzene ring substituents is 1. The zero-order valence-electron chi connectivity index (χ0n) is 11.0. The van der Waals surface area contributed by atoms with Crippen LogP contribution in [0.4, 0.5) is 5.69 Å². The van der Waals surface area contributed by atoms with E-state index in [4.69, 9.17) is 11.6 Å². The molecule has 0 spiro atoms. The second-order valence-corrected chi connectivity index (χ2v) is 4.55. The maximum absolute atomic E-state index is 11.7. The molecular weight excluding hydrogens is 296 g/mol. The lowest BCUT2D eigenvalue weighted by molar-refractivity contribution is -0.384. The zero-order chi connectivity index (χ0) is 15.4. The molecule has 2 aromatic rings. The van der Waals surface area contributed by atoms with Crippen LogP contribution in [0.5, 0.6) is 0 Å². The Bertz CT molecular complexity index is 710. The van der Waals surface area contributed by atoms with Crippen LogP contribution in [0.25, 0.3) is 0 Å². The van der Waals surface area contributed by atoms with E-state index in [2.05, 4.69) is 15.5 Å². The minimum Gasteiger partial charge on any atom is -0.357 e. The second-order valence-electron chi connectivity index (χ2n) is 4.15. The number of nitrogens with one attached hydrogen (secondary N) is 2. The molecule has 0 aliphatic heterocycles. The monoisotopic (exact) mass is 306 g/mol. The number of amides is 1. The van der Waals surface area contributed by atoms with Crippen LogP contribution in [0.2, 0.25) is 5.02 Å². The summed E-state index contributed by atoms with van der Waals surface area (Å²) < 4.78 is 0. The van der Waals surface area contributed by atoms with Gasteiger partial charge in [0.15, 0.2) is 0 Å². The van der Waals surface area contributed by atoms with E-state index < -0.39 is 10.8 Å². The Balaban J connectivity index is 2.18. The fraction of sp³-hybridized carbons (Fsp3) is 0.0769. The lowest BCUT2D eigenvalue weighted by Gasteiger charge is -2.03. The summed E-state index contributed by atoms with van der Waals surface area (Å²) >= 11 is 5.74. The molecule has 21 heavy (non-hydrogen) atoms. The summed E-state index contributed by atoms with van der Waals surface area (Å²) in [5.74, 6) is -0.400. The van der Waals surface area contributed by atoms with Crippen molar-refractivity contribution in [3.63, 3.8) is 0 Å². The molecule has 1 aromatic heterocycles. The summed E-state index contributed by atoms with van der Waals surface area (Å²) in [7, 11) is 0. The smallest absolute Gasteiger partial charge is 0.288 e. The number of rotatable bonds is 4. The zero-order valence-corrected chi connectivity index (χ0v) is 11.7. The molecule has 0 unspecified atom stereocenters. The highest BCUT2D eigenvalue weighted by Gasteiger charge is 2.14. The van der Waals surface area contributed by atoms with E-state index in [-0.39, 0.29) is 10.7 Å². The number of H-pyrrole nitrogens is 1. The Morgan fingerprint density at radius 3 is 2.81 bits per heavy atom. The van der Waals surface area contributed by atoms with Crippen molar-refractivity contribution in [1.29, 1.82) is 0 Å². The first-order chi connectivity index (χ1) is 9.99. The third-order valence-corrected chi connectivity index (χ3v) is 3.05. The number of nitro groups is 1. The molecule has 0 fully saturated rings. The molecule has 0 aliphatic carbocycles. The van der Waals surface area contributed by atoms with Crippen LogP contribution in [0.1, 0.15) is 23.0 Å². The number of aromatic amines is 1. The molecule has 0 bridgehead atoms. The van der Waals surface area contributed by atoms with Gasteiger partial charge in [0.25, 0.3) is 11.6 Å². The van der Waals surface area contributed by atoms with E-state index in [0.29, 0.717) is 17.0 Å². The second kappa shape index (κ2) is 6.19. The molecule has 0 saturated carbocycles. The van der Waals surface area contributed by atoms with Crippen LogP contribution in [0.15, 0.2) is 41.6 Å². The van der Waals surface area contributed by atoms with E-state index in [0.717, 1.165) is 0 Å². The Morgan fingerprint density at radius 1 is 1.43 bits per heavy atom. The number of carbonyl (C=O) groups excluding carboxylic acids is 1. The van der Waals surface area contributed by atoms with Gasteiger partial charge < -0.3 is 4.98 Å². The molecule has 8 heteroatoms. The van der Waals surface area contributed by atoms with Crippen LogP contribution in [-0.4, -0.2) is 21.5 Å². The van der Waals surface area contributed by atoms with Gasteiger partial charge in [0.05, 0.1) is 10.6 Å². The Kier molecular flexibility index (Phi) is 4.34. The number of carbonyl (C=O) groups is 1. The van der Waals surface area contributed by atoms with Gasteiger partial charge in [-0.15, -0.1) is 0 Å². The number of hydrogen-bond acceptors (Lipinski definition) is 4. The third-order valence-electron chi connectivity index (χ3n) is 2.73. The highest BCUT2D eigenvalue weighted by atomic mass is 35.5. The summed E-state index contributed by atoms with van der Waals surface area (Å²) in [6.07, 6.45) is 1.62. The van der Waals surface area contributed by atoms with E-state index in [1.54, 1.807) is 31.3 Å². The van der Waals surface area contributed by atoms with E-state index in [1.165, 1.54) is 12.1 Å². The number of hydrogen-bond donors (Lipinski definition) is 2. The lowest BCUT2D eigenvalue weighted by atomic mass is 10.1. The molecule has 0 aliphatic rings. The average molecular weight is 307 g/mol. The van der Waals surface area contributed by atoms with Crippen molar-refractivity contribution < 1.29 is 9.72 Å². The molecule has 108 valence electrons. The van der Waals surface area contributed by atoms with Crippen LogP contribution >= 0.6 is 11.6 Å². The predicted octanol–water partition coefficient (Wildman–Crippen LogP) is 2.73. The average Bonchev–Trinajstić information content (AvgIpc) is 2.98. The highest BCUT2D eigenvalue weighted by Crippen LogP contribution is 2.25. The maximum atomic E-state index is 11.7. The Labute approximate surface area is 124 Å². The fourth-order valence-electron chi connectivity index (χ4n) is 1.61. The topological polar surface area (TPSA) is 100 Å². The van der Waals surface area contributed by atoms with E-state index in [1.807, 2.05) is 0 Å². The molecule has 2 rings (SSSR count). The molecule has 0 saturated heterocycles. The Hall–Kier alpha value is -2.67. The van der Waals surface area contributed by atoms with E-state index in [9.17, 15) is 14.9 Å². The van der Waals surface area contributed by atoms with Crippen molar-refractivity contribution in [3.05, 3.63) is 62.9 Å². The van der Waals surface area contributed by atoms with Gasteiger partial charge in [0.2, 0.25) is 0 Å². The molecule has 7 nitrogen and oxygen atoms in total. The van der Waals surface area contributed by atoms with Gasteiger partial charge in [-0.05, 0) is 25.1 Å². The number of benzene rings is 1. The van der Waals surface area contributed by atoms with Gasteiger partial charge >= 0.3 is 0 Å². The third kappa shape index (κ3) is 3.46. The number of halogens is 1. The van der Waals surface area contributed by atoms with Crippen LogP contribution in [0, 0.1) is 10.1 Å². The molecule has 0 radical (unpaired) electrons. The number of hydrazone groups is 1. The molecule has 1 amide bonds. The van der Waals surface area contributed by atoms with Gasteiger partial charge in [0.1, 0.15) is 10.7 Å². The first-order valence-electron chi connectivity index (χ1n) is 5.91. The normalized spacial score (nSPS) is 11.2. The maximum Gasteiger partial charge on any atom is 0.288 e. The predicted molar refractivity (Wildman–Crippen MR) is 78.6 cm³/mol. The minimum atomic E-state index is -0.573. The quantitative estimate of drug-likeness (QED) is 0.516. The van der Waals surface area contributed by atoms with Crippen LogP contribution < -0.4 is 5.43 Å². The van der Waals surface area contributed by atoms with Crippen LogP contribution in [-0.2, 0) is 0 Å². The SMILES string of the molecule is C/C(=N/NC(=O)c1ccc[nH]1)c1ccc(Cl)c([N+](=O)[O-])c1. The largest absolute Gasteiger partial charge is 0.357 e. The standard InChI is InChI=1S/C13H11ClN4O3/c1-8(16-17-13(19)11-3-2-6-15-11)9-4-5-10(14)12(7-9)18(20)21/h2-7,15H,1H3,(H,17,19)/b16-8-. The molecule has 2 N–H and O–H groups in total. The molecule has 0 atom stereocenters. The summed E-state index contributed by atoms with van der Waals surface area (Å²) in [4.78, 5) is 24.7. The summed E-state index contributed by atoms with van der Waals surface area (Å²) in [5.41, 5.74) is 3.45. The highest BCUT2D eigenvalue weighted by molar-refractivity contribution is 6.32. The van der Waals surface area contributed by atoms with Gasteiger partial charge in [-0.2, -0.15) is 5.10 Å². The number of aromatic nitrogens is 1. The summed E-state index contributed by atoms with van der Waals surface area (Å²) in [6, 6.07) is 7.61. The molecular formula is C13H11ClN4O3. The lowest BCUT2D eigenvalue weighted by Crippen LogP contribution is -2.19. The van der Waals surface area contributed by atoms with Gasteiger partial charge in [-0.3, -0.25) is 14.9 Å². The van der Waals surface area contributed by atoms with Crippen molar-refractivity contribution in [1.82, 2.24) is 10.4 Å². The van der Waals surface area contributed by atoms with Crippen molar-refractivity contribution >= 4 is 28.9 Å². The van der Waals surface area contributed by atoms with Gasteiger partial charge in [-0.25, -0.2) is 5.43 Å². The van der Waals surface area contributed by atoms with E-state index >= 15 is 0 Å². The number of nitrogens with zero attached hydrogens (tertiary/aromatic N) is 2. The summed E-state index contributed by atoms with van der Waals surface area (Å²) in [5, 5.41) is 14.8. The molecule has 1 heterocycles. The van der Waals surface area contributed by atoms with Crippen LogP contribution in [0.3, 0.4) is 0 Å². The van der Waals surface area contributed by atoms with Crippen molar-refractivity contribution in [2.24, 2.45) is 5.10 Å². The Morgan fingerprint density at radius 2 is 2.19 bits per heavy atom. The minimum absolute atomic E-state index is 0.0481. The van der Waals surface area contributed by atoms with Crippen molar-refractivity contribution in [3.8, 4) is 0 Å². The van der Waals surface area contributed by atoms with Crippen molar-refractivity contribution in [2.75, 3.05) is 0 Å². The first kappa shape index (κ1) is 14.7.